The summed E-state index contributed by atoms with van der Waals surface area (Å²) < 4.78 is 12.4. The van der Waals surface area contributed by atoms with Gasteiger partial charge in [-0.1, -0.05) is 18.2 Å². The number of ether oxygens (including phenoxy) is 2. The lowest BCUT2D eigenvalue weighted by Crippen LogP contribution is -2.30. The van der Waals surface area contributed by atoms with Crippen LogP contribution in [0.5, 0.6) is 5.75 Å². The van der Waals surface area contributed by atoms with Crippen molar-refractivity contribution < 1.29 is 19.1 Å². The maximum atomic E-state index is 12.4. The van der Waals surface area contributed by atoms with Gasteiger partial charge in [0, 0.05) is 22.8 Å². The zero-order valence-corrected chi connectivity index (χ0v) is 18.8. The van der Waals surface area contributed by atoms with Gasteiger partial charge in [-0.05, 0) is 50.2 Å². The van der Waals surface area contributed by atoms with Crippen LogP contribution in [0.15, 0.2) is 70.8 Å². The Morgan fingerprint density at radius 1 is 1.12 bits per heavy atom. The van der Waals surface area contributed by atoms with E-state index in [1.807, 2.05) is 30.5 Å². The van der Waals surface area contributed by atoms with E-state index in [9.17, 15) is 14.4 Å². The number of hydrogen-bond acceptors (Lipinski definition) is 7. The minimum absolute atomic E-state index is 0.117. The van der Waals surface area contributed by atoms with Gasteiger partial charge in [-0.25, -0.2) is 9.78 Å². The molecule has 33 heavy (non-hydrogen) atoms. The molecule has 2 aromatic carbocycles. The molecule has 0 aliphatic carbocycles. The van der Waals surface area contributed by atoms with Crippen molar-refractivity contribution in [3.63, 3.8) is 0 Å². The molecule has 0 fully saturated rings. The van der Waals surface area contributed by atoms with E-state index in [-0.39, 0.29) is 18.1 Å². The number of carbonyl (C=O) groups is 2. The molecule has 1 amide bonds. The van der Waals surface area contributed by atoms with E-state index in [2.05, 4.69) is 10.3 Å². The number of fused-ring (bicyclic) bond motifs is 1. The lowest BCUT2D eigenvalue weighted by atomic mass is 10.2. The number of aromatic nitrogens is 2. The first kappa shape index (κ1) is 22.2. The third kappa shape index (κ3) is 5.27. The summed E-state index contributed by atoms with van der Waals surface area (Å²) in [4.78, 5) is 41.9. The van der Waals surface area contributed by atoms with Gasteiger partial charge in [-0.3, -0.25) is 14.0 Å². The monoisotopic (exact) mass is 463 g/mol. The van der Waals surface area contributed by atoms with Gasteiger partial charge in [-0.15, -0.1) is 11.3 Å². The molecule has 4 rings (SSSR count). The maximum absolute atomic E-state index is 12.4. The van der Waals surface area contributed by atoms with Crippen molar-refractivity contribution in [3.8, 4) is 5.75 Å². The molecule has 9 heteroatoms. The lowest BCUT2D eigenvalue weighted by Gasteiger charge is -2.14. The molecule has 1 atom stereocenters. The number of rotatable bonds is 7. The zero-order chi connectivity index (χ0) is 23.4. The summed E-state index contributed by atoms with van der Waals surface area (Å²) in [6, 6.07) is 16.7. The minimum atomic E-state index is -0.696. The van der Waals surface area contributed by atoms with Gasteiger partial charge in [0.1, 0.15) is 12.4 Å². The summed E-state index contributed by atoms with van der Waals surface area (Å²) in [7, 11) is 0. The molecule has 0 saturated carbocycles. The number of aryl methyl sites for hydroxylation is 1. The first-order valence-corrected chi connectivity index (χ1v) is 11.1. The summed E-state index contributed by atoms with van der Waals surface area (Å²) in [5.74, 6) is -0.271. The summed E-state index contributed by atoms with van der Waals surface area (Å²) in [6.45, 7) is 3.37. The average Bonchev–Trinajstić information content (AvgIpc) is 3.19. The van der Waals surface area contributed by atoms with Gasteiger partial charge in [0.2, 0.25) is 0 Å². The van der Waals surface area contributed by atoms with Crippen LogP contribution in [-0.4, -0.2) is 27.4 Å². The fourth-order valence-electron chi connectivity index (χ4n) is 3.09. The summed E-state index contributed by atoms with van der Waals surface area (Å²) in [5, 5.41) is 4.59. The van der Waals surface area contributed by atoms with Crippen molar-refractivity contribution in [2.45, 2.75) is 26.6 Å². The molecule has 4 aromatic rings. The molecule has 0 spiro atoms. The summed E-state index contributed by atoms with van der Waals surface area (Å²) in [6.07, 6.45) is -0.696. The van der Waals surface area contributed by atoms with Crippen molar-refractivity contribution in [2.24, 2.45) is 0 Å². The van der Waals surface area contributed by atoms with Crippen LogP contribution in [0, 0.1) is 6.92 Å². The highest BCUT2D eigenvalue weighted by atomic mass is 32.1. The van der Waals surface area contributed by atoms with Crippen molar-refractivity contribution in [1.29, 1.82) is 0 Å². The second-order valence-electron chi connectivity index (χ2n) is 7.30. The van der Waals surface area contributed by atoms with Crippen LogP contribution in [0.3, 0.4) is 0 Å². The minimum Gasteiger partial charge on any atom is -0.481 e. The lowest BCUT2D eigenvalue weighted by molar-refractivity contribution is -0.122. The first-order valence-electron chi connectivity index (χ1n) is 10.2. The number of carbonyl (C=O) groups excluding carboxylic acids is 2. The van der Waals surface area contributed by atoms with E-state index in [0.717, 1.165) is 5.69 Å². The Hall–Kier alpha value is -3.98. The molecule has 0 bridgehead atoms. The molecule has 0 unspecified atom stereocenters. The second kappa shape index (κ2) is 9.66. The van der Waals surface area contributed by atoms with E-state index in [4.69, 9.17) is 9.47 Å². The van der Waals surface area contributed by atoms with Crippen LogP contribution in [0.1, 0.15) is 28.7 Å². The summed E-state index contributed by atoms with van der Waals surface area (Å²) >= 11 is 1.35. The van der Waals surface area contributed by atoms with E-state index in [1.54, 1.807) is 43.3 Å². The Morgan fingerprint density at radius 2 is 1.85 bits per heavy atom. The third-order valence-electron chi connectivity index (χ3n) is 4.79. The number of benzene rings is 2. The highest BCUT2D eigenvalue weighted by molar-refractivity contribution is 7.15. The van der Waals surface area contributed by atoms with Crippen molar-refractivity contribution >= 4 is 33.9 Å². The Morgan fingerprint density at radius 3 is 2.58 bits per heavy atom. The fraction of sp³-hybridized carbons (Fsp3) is 0.167. The molecule has 2 aromatic heterocycles. The van der Waals surface area contributed by atoms with Crippen LogP contribution in [0.25, 0.3) is 4.96 Å². The topological polar surface area (TPSA) is 99.0 Å². The smallest absolute Gasteiger partial charge is 0.338 e. The molecule has 0 aliphatic rings. The third-order valence-corrected chi connectivity index (χ3v) is 5.74. The Kier molecular flexibility index (Phi) is 6.50. The van der Waals surface area contributed by atoms with Crippen LogP contribution in [-0.2, 0) is 16.1 Å². The van der Waals surface area contributed by atoms with Gasteiger partial charge >= 0.3 is 5.97 Å². The predicted octanol–water partition coefficient (Wildman–Crippen LogP) is 3.83. The summed E-state index contributed by atoms with van der Waals surface area (Å²) in [5.41, 5.74) is 1.81. The van der Waals surface area contributed by atoms with Crippen LogP contribution in [0.2, 0.25) is 0 Å². The van der Waals surface area contributed by atoms with Crippen molar-refractivity contribution in [1.82, 2.24) is 9.38 Å². The number of nitrogens with zero attached hydrogens (tertiary/aromatic N) is 2. The van der Waals surface area contributed by atoms with E-state index >= 15 is 0 Å². The molecular weight excluding hydrogens is 442 g/mol. The van der Waals surface area contributed by atoms with Gasteiger partial charge in [0.15, 0.2) is 11.1 Å². The molecule has 1 N–H and O–H groups in total. The Bertz CT molecular complexity index is 1350. The quantitative estimate of drug-likeness (QED) is 0.418. The van der Waals surface area contributed by atoms with E-state index in [1.165, 1.54) is 21.8 Å². The van der Waals surface area contributed by atoms with Gasteiger partial charge < -0.3 is 14.8 Å². The SMILES string of the molecule is Cc1csc2nc(COC(=O)c3ccc(NC(=O)[C@@H](C)Oc4ccccc4)cc3)cc(=O)n12. The number of anilines is 1. The molecule has 2 heterocycles. The standard InChI is InChI=1S/C24H21N3O5S/c1-15-14-33-24-26-19(12-21(28)27(15)24)13-31-23(30)17-8-10-18(11-9-17)25-22(29)16(2)32-20-6-4-3-5-7-20/h3-12,14,16H,13H2,1-2H3,(H,25,29)/t16-/m1/s1. The number of amides is 1. The van der Waals surface area contributed by atoms with Crippen molar-refractivity contribution in [3.05, 3.63) is 93.3 Å². The normalized spacial score (nSPS) is 11.7. The first-order chi connectivity index (χ1) is 15.9. The number of thiazole rings is 1. The van der Waals surface area contributed by atoms with Gasteiger partial charge in [-0.2, -0.15) is 0 Å². The number of hydrogen-bond donors (Lipinski definition) is 1. The largest absolute Gasteiger partial charge is 0.481 e. The van der Waals surface area contributed by atoms with Crippen LogP contribution >= 0.6 is 11.3 Å². The zero-order valence-electron chi connectivity index (χ0n) is 18.0. The predicted molar refractivity (Wildman–Crippen MR) is 125 cm³/mol. The molecular formula is C24H21N3O5S. The van der Waals surface area contributed by atoms with Crippen LogP contribution < -0.4 is 15.6 Å². The fourth-order valence-corrected chi connectivity index (χ4v) is 3.98. The Balaban J connectivity index is 1.33. The highest BCUT2D eigenvalue weighted by Crippen LogP contribution is 2.15. The average molecular weight is 464 g/mol. The van der Waals surface area contributed by atoms with Gasteiger partial charge in [0.05, 0.1) is 11.3 Å². The Labute approximate surface area is 193 Å². The van der Waals surface area contributed by atoms with Crippen LogP contribution in [0.4, 0.5) is 5.69 Å². The van der Waals surface area contributed by atoms with Crippen molar-refractivity contribution in [2.75, 3.05) is 5.32 Å². The second-order valence-corrected chi connectivity index (χ2v) is 8.13. The molecule has 0 radical (unpaired) electrons. The molecule has 8 nitrogen and oxygen atoms in total. The number of para-hydroxylation sites is 1. The number of nitrogens with one attached hydrogen (secondary N) is 1. The van der Waals surface area contributed by atoms with Gasteiger partial charge in [0.25, 0.3) is 11.5 Å². The molecule has 0 saturated heterocycles. The number of esters is 1. The van der Waals surface area contributed by atoms with E-state index in [0.29, 0.717) is 27.7 Å². The highest BCUT2D eigenvalue weighted by Gasteiger charge is 2.16. The van der Waals surface area contributed by atoms with E-state index < -0.39 is 12.1 Å². The molecule has 0 aliphatic heterocycles. The maximum Gasteiger partial charge on any atom is 0.338 e. The molecule has 168 valence electrons.